The number of hydrogen-bond acceptors (Lipinski definition) is 7. The summed E-state index contributed by atoms with van der Waals surface area (Å²) in [6, 6.07) is 2.49. The molecule has 0 bridgehead atoms. The van der Waals surface area contributed by atoms with Gasteiger partial charge in [0.2, 0.25) is 11.8 Å². The van der Waals surface area contributed by atoms with Crippen molar-refractivity contribution in [3.05, 3.63) is 53.8 Å². The van der Waals surface area contributed by atoms with Gasteiger partial charge < -0.3 is 20.9 Å². The molecule has 0 unspecified atom stereocenters. The van der Waals surface area contributed by atoms with E-state index in [1.807, 2.05) is 0 Å². The maximum Gasteiger partial charge on any atom is 0.277 e. The van der Waals surface area contributed by atoms with E-state index in [4.69, 9.17) is 5.73 Å². The summed E-state index contributed by atoms with van der Waals surface area (Å²) in [6.07, 6.45) is 3.94. The normalized spacial score (nSPS) is 15.5. The van der Waals surface area contributed by atoms with Crippen LogP contribution in [0.4, 0.5) is 15.9 Å². The van der Waals surface area contributed by atoms with E-state index in [0.29, 0.717) is 24.3 Å². The topological polar surface area (TPSA) is 139 Å². The zero-order valence-electron chi connectivity index (χ0n) is 21.0. The van der Waals surface area contributed by atoms with E-state index < -0.39 is 11.7 Å². The highest BCUT2D eigenvalue weighted by atomic mass is 19.1. The molecule has 0 saturated carbocycles. The number of nitrogens with one attached hydrogen (secondary N) is 1. The SMILES string of the molecule is C=CC(=O)N1CCC[C@@H](n2nc(C(=O)Nc3cc(F)c(CC(=O)N(C)C)cc3C)c3c(N)ncnc32)C1. The number of anilines is 2. The smallest absolute Gasteiger partial charge is 0.277 e. The molecule has 0 aliphatic carbocycles. The molecular formula is C25H29FN8O3. The third-order valence-electron chi connectivity index (χ3n) is 6.44. The Morgan fingerprint density at radius 1 is 1.30 bits per heavy atom. The van der Waals surface area contributed by atoms with Gasteiger partial charge in [0.25, 0.3) is 5.91 Å². The number of aromatic nitrogens is 4. The summed E-state index contributed by atoms with van der Waals surface area (Å²) in [5, 5.41) is 7.51. The molecule has 1 fully saturated rings. The minimum absolute atomic E-state index is 0.00746. The summed E-state index contributed by atoms with van der Waals surface area (Å²) in [4.78, 5) is 48.9. The lowest BCUT2D eigenvalue weighted by Gasteiger charge is -2.32. The third kappa shape index (κ3) is 5.13. The Labute approximate surface area is 213 Å². The summed E-state index contributed by atoms with van der Waals surface area (Å²) in [5.74, 6) is -1.56. The average molecular weight is 509 g/mol. The fourth-order valence-corrected chi connectivity index (χ4v) is 4.41. The molecule has 0 radical (unpaired) electrons. The van der Waals surface area contributed by atoms with Gasteiger partial charge in [-0.1, -0.05) is 12.6 Å². The van der Waals surface area contributed by atoms with Gasteiger partial charge in [-0.3, -0.25) is 14.4 Å². The van der Waals surface area contributed by atoms with Crippen LogP contribution < -0.4 is 11.1 Å². The Kier molecular flexibility index (Phi) is 7.18. The van der Waals surface area contributed by atoms with Crippen molar-refractivity contribution in [2.24, 2.45) is 0 Å². The summed E-state index contributed by atoms with van der Waals surface area (Å²) in [5.41, 5.74) is 7.53. The van der Waals surface area contributed by atoms with Crippen molar-refractivity contribution in [1.29, 1.82) is 0 Å². The van der Waals surface area contributed by atoms with Crippen molar-refractivity contribution in [3.8, 4) is 0 Å². The van der Waals surface area contributed by atoms with E-state index in [1.54, 1.807) is 30.6 Å². The minimum atomic E-state index is -0.611. The fourth-order valence-electron chi connectivity index (χ4n) is 4.41. The van der Waals surface area contributed by atoms with Gasteiger partial charge in [0.05, 0.1) is 17.8 Å². The first-order chi connectivity index (χ1) is 17.6. The first-order valence-electron chi connectivity index (χ1n) is 11.8. The third-order valence-corrected chi connectivity index (χ3v) is 6.44. The zero-order valence-corrected chi connectivity index (χ0v) is 21.0. The first kappa shape index (κ1) is 25.7. The molecule has 2 aromatic heterocycles. The predicted molar refractivity (Wildman–Crippen MR) is 136 cm³/mol. The van der Waals surface area contributed by atoms with Crippen LogP contribution in [0.1, 0.15) is 40.5 Å². The summed E-state index contributed by atoms with van der Waals surface area (Å²) in [7, 11) is 3.20. The van der Waals surface area contributed by atoms with Crippen LogP contribution in [0.5, 0.6) is 0 Å². The number of nitrogen functional groups attached to an aromatic ring is 1. The van der Waals surface area contributed by atoms with Crippen molar-refractivity contribution in [1.82, 2.24) is 29.5 Å². The number of carbonyl (C=O) groups excluding carboxylic acids is 3. The number of nitrogens with two attached hydrogens (primary N) is 1. The molecule has 3 N–H and O–H groups in total. The average Bonchev–Trinajstić information content (AvgIpc) is 3.27. The van der Waals surface area contributed by atoms with Crippen molar-refractivity contribution in [2.45, 2.75) is 32.2 Å². The maximum atomic E-state index is 14.8. The minimum Gasteiger partial charge on any atom is -0.383 e. The lowest BCUT2D eigenvalue weighted by atomic mass is 10.1. The highest BCUT2D eigenvalue weighted by molar-refractivity contribution is 6.13. The molecule has 1 aliphatic rings. The molecule has 1 saturated heterocycles. The summed E-state index contributed by atoms with van der Waals surface area (Å²) < 4.78 is 16.4. The summed E-state index contributed by atoms with van der Waals surface area (Å²) >= 11 is 0. The zero-order chi connectivity index (χ0) is 26.9. The number of benzene rings is 1. The Bertz CT molecular complexity index is 1400. The van der Waals surface area contributed by atoms with Gasteiger partial charge in [0.15, 0.2) is 11.3 Å². The van der Waals surface area contributed by atoms with Gasteiger partial charge in [-0.2, -0.15) is 5.10 Å². The lowest BCUT2D eigenvalue weighted by Crippen LogP contribution is -2.40. The number of nitrogens with zero attached hydrogens (tertiary/aromatic N) is 6. The molecule has 37 heavy (non-hydrogen) atoms. The second-order valence-electron chi connectivity index (χ2n) is 9.21. The highest BCUT2D eigenvalue weighted by Crippen LogP contribution is 2.30. The van der Waals surface area contributed by atoms with Gasteiger partial charge in [-0.15, -0.1) is 0 Å². The first-order valence-corrected chi connectivity index (χ1v) is 11.8. The van der Waals surface area contributed by atoms with E-state index in [0.717, 1.165) is 12.8 Å². The van der Waals surface area contributed by atoms with Crippen LogP contribution in [0.3, 0.4) is 0 Å². The van der Waals surface area contributed by atoms with E-state index in [1.165, 1.54) is 29.4 Å². The number of likely N-dealkylation sites (N-methyl/N-ethyl adjacent to an activating group) is 1. The molecule has 194 valence electrons. The Balaban J connectivity index is 1.66. The number of aryl methyl sites for hydroxylation is 1. The largest absolute Gasteiger partial charge is 0.383 e. The van der Waals surface area contributed by atoms with Crippen molar-refractivity contribution >= 4 is 40.3 Å². The Morgan fingerprint density at radius 3 is 2.76 bits per heavy atom. The van der Waals surface area contributed by atoms with Gasteiger partial charge in [0, 0.05) is 32.9 Å². The maximum absolute atomic E-state index is 14.8. The van der Waals surface area contributed by atoms with E-state index >= 15 is 0 Å². The molecule has 3 aromatic rings. The highest BCUT2D eigenvalue weighted by Gasteiger charge is 2.29. The van der Waals surface area contributed by atoms with Gasteiger partial charge in [-0.25, -0.2) is 19.0 Å². The number of carbonyl (C=O) groups is 3. The molecule has 1 aromatic carbocycles. The second kappa shape index (κ2) is 10.3. The van der Waals surface area contributed by atoms with Crippen LogP contribution in [0, 0.1) is 12.7 Å². The van der Waals surface area contributed by atoms with Crippen LogP contribution in [0.15, 0.2) is 31.1 Å². The monoisotopic (exact) mass is 508 g/mol. The molecular weight excluding hydrogens is 479 g/mol. The van der Waals surface area contributed by atoms with Gasteiger partial charge >= 0.3 is 0 Å². The van der Waals surface area contributed by atoms with Crippen LogP contribution in [-0.4, -0.2) is 74.5 Å². The van der Waals surface area contributed by atoms with Crippen LogP contribution >= 0.6 is 0 Å². The quantitative estimate of drug-likeness (QED) is 0.486. The number of piperidine rings is 1. The number of likely N-dealkylation sites (tertiary alicyclic amines) is 1. The van der Waals surface area contributed by atoms with Crippen LogP contribution in [0.2, 0.25) is 0 Å². The van der Waals surface area contributed by atoms with E-state index in [-0.39, 0.29) is 52.4 Å². The van der Waals surface area contributed by atoms with Gasteiger partial charge in [-0.05, 0) is 43.0 Å². The standard InChI is InChI=1S/C25H29FN8O3/c1-5-19(35)33-8-6-7-16(12-33)34-24-21(23(27)28-13-29-24)22(31-34)25(37)30-18-11-17(26)15(9-14(18)2)10-20(36)32(3)4/h5,9,11,13,16H,1,6-8,10,12H2,2-4H3,(H,30,37)(H2,27,28,29)/t16-/m1/s1. The van der Waals surface area contributed by atoms with Crippen LogP contribution in [-0.2, 0) is 16.0 Å². The molecule has 12 heteroatoms. The molecule has 1 atom stereocenters. The van der Waals surface area contributed by atoms with Crippen molar-refractivity contribution < 1.29 is 18.8 Å². The Morgan fingerprint density at radius 2 is 2.05 bits per heavy atom. The predicted octanol–water partition coefficient (Wildman–Crippen LogP) is 2.09. The lowest BCUT2D eigenvalue weighted by molar-refractivity contribution is -0.128. The number of rotatable bonds is 6. The van der Waals surface area contributed by atoms with Crippen molar-refractivity contribution in [2.75, 3.05) is 38.2 Å². The fraction of sp³-hybridized carbons (Fsp3) is 0.360. The van der Waals surface area contributed by atoms with E-state index in [9.17, 15) is 18.8 Å². The van der Waals surface area contributed by atoms with Crippen LogP contribution in [0.25, 0.3) is 11.0 Å². The Hall–Kier alpha value is -4.35. The van der Waals surface area contributed by atoms with E-state index in [2.05, 4.69) is 27.0 Å². The molecule has 4 rings (SSSR count). The van der Waals surface area contributed by atoms with Gasteiger partial charge in [0.1, 0.15) is 18.0 Å². The molecule has 3 heterocycles. The number of fused-ring (bicyclic) bond motifs is 1. The number of halogens is 1. The molecule has 11 nitrogen and oxygen atoms in total. The molecule has 0 spiro atoms. The number of amides is 3. The number of hydrogen-bond donors (Lipinski definition) is 2. The molecule has 3 amide bonds. The second-order valence-corrected chi connectivity index (χ2v) is 9.21. The summed E-state index contributed by atoms with van der Waals surface area (Å²) in [6.45, 7) is 6.24. The van der Waals surface area contributed by atoms with Crippen molar-refractivity contribution in [3.63, 3.8) is 0 Å². The molecule has 1 aliphatic heterocycles.